The van der Waals surface area contributed by atoms with Gasteiger partial charge in [0.2, 0.25) is 0 Å². The Morgan fingerprint density at radius 1 is 1.18 bits per heavy atom. The van der Waals surface area contributed by atoms with E-state index in [1.807, 2.05) is 13.1 Å². The lowest BCUT2D eigenvalue weighted by atomic mass is 9.77. The highest BCUT2D eigenvalue weighted by Crippen LogP contribution is 2.33. The average Bonchev–Trinajstić information content (AvgIpc) is 2.35. The first-order valence-corrected chi connectivity index (χ1v) is 6.51. The summed E-state index contributed by atoms with van der Waals surface area (Å²) in [5, 5.41) is 12.8. The van der Waals surface area contributed by atoms with E-state index in [1.165, 1.54) is 5.56 Å². The van der Waals surface area contributed by atoms with Gasteiger partial charge in [-0.15, -0.1) is 0 Å². The Morgan fingerprint density at radius 2 is 1.82 bits per heavy atom. The van der Waals surface area contributed by atoms with E-state index in [-0.39, 0.29) is 6.61 Å². The second kappa shape index (κ2) is 7.46. The monoisotopic (exact) mass is 235 g/mol. The minimum Gasteiger partial charge on any atom is -0.396 e. The molecule has 0 aliphatic carbocycles. The van der Waals surface area contributed by atoms with Crippen LogP contribution < -0.4 is 5.32 Å². The summed E-state index contributed by atoms with van der Waals surface area (Å²) in [6.07, 6.45) is 1.02. The van der Waals surface area contributed by atoms with E-state index in [0.717, 1.165) is 13.0 Å². The SMILES string of the molecule is CNCCC(CO)C(c1ccccc1)C(C)C. The van der Waals surface area contributed by atoms with Gasteiger partial charge in [0, 0.05) is 6.61 Å². The molecular formula is C15H25NO. The van der Waals surface area contributed by atoms with E-state index in [1.54, 1.807) is 0 Å². The Morgan fingerprint density at radius 3 is 2.29 bits per heavy atom. The van der Waals surface area contributed by atoms with Gasteiger partial charge >= 0.3 is 0 Å². The molecule has 1 aromatic rings. The second-order valence-corrected chi connectivity index (χ2v) is 5.02. The highest BCUT2D eigenvalue weighted by molar-refractivity contribution is 5.21. The molecule has 0 aliphatic heterocycles. The molecule has 17 heavy (non-hydrogen) atoms. The molecule has 0 amide bonds. The largest absolute Gasteiger partial charge is 0.396 e. The van der Waals surface area contributed by atoms with Gasteiger partial charge in [0.15, 0.2) is 0 Å². The maximum Gasteiger partial charge on any atom is 0.0465 e. The van der Waals surface area contributed by atoms with Crippen molar-refractivity contribution in [3.05, 3.63) is 35.9 Å². The highest BCUT2D eigenvalue weighted by Gasteiger charge is 2.24. The number of nitrogens with one attached hydrogen (secondary N) is 1. The molecule has 0 radical (unpaired) electrons. The van der Waals surface area contributed by atoms with Crippen LogP contribution in [0.5, 0.6) is 0 Å². The van der Waals surface area contributed by atoms with Crippen molar-refractivity contribution in [3.8, 4) is 0 Å². The average molecular weight is 235 g/mol. The van der Waals surface area contributed by atoms with Gasteiger partial charge in [0.05, 0.1) is 0 Å². The Hall–Kier alpha value is -0.860. The molecule has 1 rings (SSSR count). The first kappa shape index (κ1) is 14.2. The van der Waals surface area contributed by atoms with Gasteiger partial charge < -0.3 is 10.4 Å². The zero-order valence-electron chi connectivity index (χ0n) is 11.2. The van der Waals surface area contributed by atoms with Gasteiger partial charge in [-0.2, -0.15) is 0 Å². The van der Waals surface area contributed by atoms with Gasteiger partial charge in [-0.1, -0.05) is 44.2 Å². The van der Waals surface area contributed by atoms with E-state index in [9.17, 15) is 5.11 Å². The summed E-state index contributed by atoms with van der Waals surface area (Å²) in [6.45, 7) is 5.69. The zero-order chi connectivity index (χ0) is 12.7. The molecule has 2 nitrogen and oxygen atoms in total. The van der Waals surface area contributed by atoms with Crippen molar-refractivity contribution < 1.29 is 5.11 Å². The van der Waals surface area contributed by atoms with E-state index in [0.29, 0.717) is 17.8 Å². The lowest BCUT2D eigenvalue weighted by Crippen LogP contribution is -2.25. The number of hydrogen-bond acceptors (Lipinski definition) is 2. The molecule has 0 fully saturated rings. The summed E-state index contributed by atoms with van der Waals surface area (Å²) in [6, 6.07) is 10.6. The number of aliphatic hydroxyl groups is 1. The maximum absolute atomic E-state index is 9.61. The van der Waals surface area contributed by atoms with Crippen molar-refractivity contribution >= 4 is 0 Å². The van der Waals surface area contributed by atoms with Crippen LogP contribution in [0.3, 0.4) is 0 Å². The maximum atomic E-state index is 9.61. The summed E-state index contributed by atoms with van der Waals surface area (Å²) < 4.78 is 0. The summed E-state index contributed by atoms with van der Waals surface area (Å²) in [4.78, 5) is 0. The van der Waals surface area contributed by atoms with Crippen LogP contribution in [0.25, 0.3) is 0 Å². The van der Waals surface area contributed by atoms with Crippen molar-refractivity contribution in [1.82, 2.24) is 5.32 Å². The molecule has 96 valence electrons. The number of aliphatic hydroxyl groups excluding tert-OH is 1. The van der Waals surface area contributed by atoms with Gasteiger partial charge in [-0.25, -0.2) is 0 Å². The fraction of sp³-hybridized carbons (Fsp3) is 0.600. The van der Waals surface area contributed by atoms with E-state index in [2.05, 4.69) is 43.4 Å². The lowest BCUT2D eigenvalue weighted by molar-refractivity contribution is 0.176. The van der Waals surface area contributed by atoms with Crippen LogP contribution in [0, 0.1) is 11.8 Å². The quantitative estimate of drug-likeness (QED) is 0.761. The number of benzene rings is 1. The van der Waals surface area contributed by atoms with Crippen molar-refractivity contribution in [2.24, 2.45) is 11.8 Å². The second-order valence-electron chi connectivity index (χ2n) is 5.02. The molecule has 0 saturated carbocycles. The molecule has 2 heteroatoms. The Kier molecular flexibility index (Phi) is 6.23. The third-order valence-corrected chi connectivity index (χ3v) is 3.41. The molecule has 2 N–H and O–H groups in total. The third kappa shape index (κ3) is 4.14. The fourth-order valence-corrected chi connectivity index (χ4v) is 2.59. The van der Waals surface area contributed by atoms with Crippen molar-refractivity contribution in [2.45, 2.75) is 26.2 Å². The minimum absolute atomic E-state index is 0.263. The van der Waals surface area contributed by atoms with Crippen LogP contribution in [0.15, 0.2) is 30.3 Å². The zero-order valence-corrected chi connectivity index (χ0v) is 11.2. The van der Waals surface area contributed by atoms with Crippen LogP contribution in [-0.2, 0) is 0 Å². The van der Waals surface area contributed by atoms with Crippen molar-refractivity contribution in [3.63, 3.8) is 0 Å². The summed E-state index contributed by atoms with van der Waals surface area (Å²) in [5.74, 6) is 1.32. The van der Waals surface area contributed by atoms with E-state index < -0.39 is 0 Å². The van der Waals surface area contributed by atoms with Crippen LogP contribution in [-0.4, -0.2) is 25.3 Å². The Bertz CT molecular complexity index is 297. The normalized spacial score (nSPS) is 14.9. The van der Waals surface area contributed by atoms with Crippen LogP contribution in [0.4, 0.5) is 0 Å². The van der Waals surface area contributed by atoms with Crippen molar-refractivity contribution in [2.75, 3.05) is 20.2 Å². The summed E-state index contributed by atoms with van der Waals surface area (Å²) in [7, 11) is 1.96. The molecule has 1 aromatic carbocycles. The lowest BCUT2D eigenvalue weighted by Gasteiger charge is -2.29. The molecule has 0 aromatic heterocycles. The summed E-state index contributed by atoms with van der Waals surface area (Å²) >= 11 is 0. The minimum atomic E-state index is 0.263. The van der Waals surface area contributed by atoms with Crippen LogP contribution >= 0.6 is 0 Å². The highest BCUT2D eigenvalue weighted by atomic mass is 16.3. The van der Waals surface area contributed by atoms with Crippen LogP contribution in [0.1, 0.15) is 31.7 Å². The molecule has 0 bridgehead atoms. The molecular weight excluding hydrogens is 210 g/mol. The predicted molar refractivity (Wildman–Crippen MR) is 73.1 cm³/mol. The molecule has 2 atom stereocenters. The van der Waals surface area contributed by atoms with Crippen molar-refractivity contribution in [1.29, 1.82) is 0 Å². The van der Waals surface area contributed by atoms with Gasteiger partial charge in [-0.05, 0) is 43.3 Å². The third-order valence-electron chi connectivity index (χ3n) is 3.41. The van der Waals surface area contributed by atoms with Gasteiger partial charge in [-0.3, -0.25) is 0 Å². The first-order chi connectivity index (χ1) is 8.20. The number of hydrogen-bond donors (Lipinski definition) is 2. The van der Waals surface area contributed by atoms with Crippen LogP contribution in [0.2, 0.25) is 0 Å². The fourth-order valence-electron chi connectivity index (χ4n) is 2.59. The van der Waals surface area contributed by atoms with Gasteiger partial charge in [0.25, 0.3) is 0 Å². The molecule has 0 aliphatic rings. The standard InChI is InChI=1S/C15H25NO/c1-12(2)15(13-7-5-4-6-8-13)14(11-17)9-10-16-3/h4-8,12,14-17H,9-11H2,1-3H3. The smallest absolute Gasteiger partial charge is 0.0465 e. The Labute approximate surface area is 105 Å². The predicted octanol–water partition coefficient (Wildman–Crippen LogP) is 2.64. The molecule has 0 heterocycles. The van der Waals surface area contributed by atoms with E-state index >= 15 is 0 Å². The first-order valence-electron chi connectivity index (χ1n) is 6.51. The van der Waals surface area contributed by atoms with Gasteiger partial charge in [0.1, 0.15) is 0 Å². The molecule has 2 unspecified atom stereocenters. The topological polar surface area (TPSA) is 32.3 Å². The molecule has 0 spiro atoms. The Balaban J connectivity index is 2.83. The summed E-state index contributed by atoms with van der Waals surface area (Å²) in [5.41, 5.74) is 1.35. The molecule has 0 saturated heterocycles. The number of rotatable bonds is 7. The van der Waals surface area contributed by atoms with E-state index in [4.69, 9.17) is 0 Å².